The van der Waals surface area contributed by atoms with Crippen molar-refractivity contribution in [3.63, 3.8) is 0 Å². The Morgan fingerprint density at radius 1 is 1.40 bits per heavy atom. The maximum absolute atomic E-state index is 13.7. The number of methoxy groups -OCH3 is 1. The van der Waals surface area contributed by atoms with Crippen LogP contribution in [0.25, 0.3) is 0 Å². The highest BCUT2D eigenvalue weighted by Gasteiger charge is 2.25. The highest BCUT2D eigenvalue weighted by atomic mass is 19.1. The van der Waals surface area contributed by atoms with Gasteiger partial charge in [0.15, 0.2) is 0 Å². The Morgan fingerprint density at radius 2 is 2.05 bits per heavy atom. The SMILES string of the molecule is CNc1c(F)cc(C(=O)N2CCCC(OC)C2)cc1F. The Hall–Kier alpha value is -1.69. The molecule has 1 saturated heterocycles. The molecule has 1 fully saturated rings. The number of amides is 1. The topological polar surface area (TPSA) is 41.6 Å². The molecule has 0 saturated carbocycles. The van der Waals surface area contributed by atoms with Crippen LogP contribution in [0.3, 0.4) is 0 Å². The van der Waals surface area contributed by atoms with Crippen molar-refractivity contribution in [2.75, 3.05) is 32.6 Å². The second-order valence-electron chi connectivity index (χ2n) is 4.82. The summed E-state index contributed by atoms with van der Waals surface area (Å²) in [5.41, 5.74) is -0.203. The summed E-state index contributed by atoms with van der Waals surface area (Å²) >= 11 is 0. The number of ether oxygens (including phenoxy) is 1. The van der Waals surface area contributed by atoms with Crippen LogP contribution >= 0.6 is 0 Å². The fraction of sp³-hybridized carbons (Fsp3) is 0.500. The Bertz CT molecular complexity index is 485. The third kappa shape index (κ3) is 2.90. The lowest BCUT2D eigenvalue weighted by atomic mass is 10.1. The number of benzene rings is 1. The number of hydrogen-bond donors (Lipinski definition) is 1. The molecule has 1 unspecified atom stereocenters. The second kappa shape index (κ2) is 6.17. The normalized spacial score (nSPS) is 19.0. The molecule has 1 N–H and O–H groups in total. The molecule has 6 heteroatoms. The van der Waals surface area contributed by atoms with E-state index in [0.717, 1.165) is 25.0 Å². The zero-order chi connectivity index (χ0) is 14.7. The van der Waals surface area contributed by atoms with Gasteiger partial charge in [0.05, 0.1) is 6.10 Å². The van der Waals surface area contributed by atoms with Gasteiger partial charge in [-0.15, -0.1) is 0 Å². The van der Waals surface area contributed by atoms with E-state index in [2.05, 4.69) is 5.32 Å². The summed E-state index contributed by atoms with van der Waals surface area (Å²) in [7, 11) is 3.02. The van der Waals surface area contributed by atoms with Gasteiger partial charge in [0.25, 0.3) is 5.91 Å². The van der Waals surface area contributed by atoms with E-state index in [1.165, 1.54) is 7.05 Å². The van der Waals surface area contributed by atoms with E-state index < -0.39 is 11.6 Å². The summed E-state index contributed by atoms with van der Waals surface area (Å²) < 4.78 is 32.6. The standard InChI is InChI=1S/C14H18F2N2O2/c1-17-13-11(15)6-9(7-12(13)16)14(19)18-5-3-4-10(8-18)20-2/h6-7,10,17H,3-5,8H2,1-2H3. The number of anilines is 1. The van der Waals surface area contributed by atoms with Crippen LogP contribution in [-0.2, 0) is 4.74 Å². The molecule has 20 heavy (non-hydrogen) atoms. The van der Waals surface area contributed by atoms with Gasteiger partial charge in [-0.1, -0.05) is 0 Å². The fourth-order valence-corrected chi connectivity index (χ4v) is 2.43. The van der Waals surface area contributed by atoms with Crippen LogP contribution in [0.2, 0.25) is 0 Å². The van der Waals surface area contributed by atoms with Crippen molar-refractivity contribution in [3.05, 3.63) is 29.3 Å². The molecule has 0 bridgehead atoms. The first-order valence-electron chi connectivity index (χ1n) is 6.55. The Kier molecular flexibility index (Phi) is 4.54. The van der Waals surface area contributed by atoms with Crippen LogP contribution in [0, 0.1) is 11.6 Å². The lowest BCUT2D eigenvalue weighted by Gasteiger charge is -2.32. The number of carbonyl (C=O) groups excluding carboxylic acids is 1. The summed E-state index contributed by atoms with van der Waals surface area (Å²) in [6.45, 7) is 1.03. The highest BCUT2D eigenvalue weighted by molar-refractivity contribution is 5.94. The number of carbonyl (C=O) groups is 1. The molecule has 2 rings (SSSR count). The maximum Gasteiger partial charge on any atom is 0.254 e. The molecule has 110 valence electrons. The largest absolute Gasteiger partial charge is 0.383 e. The lowest BCUT2D eigenvalue weighted by Crippen LogP contribution is -2.42. The number of halogens is 2. The van der Waals surface area contributed by atoms with Crippen molar-refractivity contribution < 1.29 is 18.3 Å². The van der Waals surface area contributed by atoms with Crippen molar-refractivity contribution in [1.29, 1.82) is 0 Å². The molecule has 1 aliphatic rings. The zero-order valence-electron chi connectivity index (χ0n) is 11.6. The van der Waals surface area contributed by atoms with Crippen molar-refractivity contribution in [2.45, 2.75) is 18.9 Å². The predicted octanol–water partition coefficient (Wildman–Crippen LogP) is 2.26. The van der Waals surface area contributed by atoms with Crippen LogP contribution in [-0.4, -0.2) is 44.2 Å². The van der Waals surface area contributed by atoms with Gasteiger partial charge < -0.3 is 15.0 Å². The minimum atomic E-state index is -0.767. The molecule has 1 aromatic rings. The summed E-state index contributed by atoms with van der Waals surface area (Å²) in [6.07, 6.45) is 1.70. The van der Waals surface area contributed by atoms with Crippen molar-refractivity contribution in [1.82, 2.24) is 4.90 Å². The molecule has 0 spiro atoms. The predicted molar refractivity (Wildman–Crippen MR) is 71.8 cm³/mol. The Labute approximate surface area is 116 Å². The molecule has 0 aromatic heterocycles. The first-order valence-corrected chi connectivity index (χ1v) is 6.55. The monoisotopic (exact) mass is 284 g/mol. The minimum Gasteiger partial charge on any atom is -0.383 e. The van der Waals surface area contributed by atoms with Crippen molar-refractivity contribution in [2.24, 2.45) is 0 Å². The molecule has 4 nitrogen and oxygen atoms in total. The quantitative estimate of drug-likeness (QED) is 0.925. The summed E-state index contributed by atoms with van der Waals surface area (Å²) in [6, 6.07) is 2.13. The maximum atomic E-state index is 13.7. The third-order valence-electron chi connectivity index (χ3n) is 3.54. The number of likely N-dealkylation sites (tertiary alicyclic amines) is 1. The number of piperidine rings is 1. The zero-order valence-corrected chi connectivity index (χ0v) is 11.6. The van der Waals surface area contributed by atoms with E-state index in [-0.39, 0.29) is 23.3 Å². The second-order valence-corrected chi connectivity index (χ2v) is 4.82. The molecule has 0 radical (unpaired) electrons. The average molecular weight is 284 g/mol. The van der Waals surface area contributed by atoms with Gasteiger partial charge in [0, 0.05) is 32.8 Å². The van der Waals surface area contributed by atoms with E-state index in [9.17, 15) is 13.6 Å². The number of rotatable bonds is 3. The first-order chi connectivity index (χ1) is 9.56. The lowest BCUT2D eigenvalue weighted by molar-refractivity contribution is 0.0268. The Morgan fingerprint density at radius 3 is 2.60 bits per heavy atom. The van der Waals surface area contributed by atoms with Gasteiger partial charge in [-0.05, 0) is 25.0 Å². The van der Waals surface area contributed by atoms with Gasteiger partial charge in [0.2, 0.25) is 0 Å². The van der Waals surface area contributed by atoms with Gasteiger partial charge in [0.1, 0.15) is 17.3 Å². The van der Waals surface area contributed by atoms with E-state index in [1.54, 1.807) is 12.0 Å². The van der Waals surface area contributed by atoms with Crippen molar-refractivity contribution >= 4 is 11.6 Å². The van der Waals surface area contributed by atoms with Crippen LogP contribution in [0.15, 0.2) is 12.1 Å². The van der Waals surface area contributed by atoms with E-state index in [0.29, 0.717) is 13.1 Å². The average Bonchev–Trinajstić information content (AvgIpc) is 2.46. The molecular weight excluding hydrogens is 266 g/mol. The number of hydrogen-bond acceptors (Lipinski definition) is 3. The number of nitrogens with one attached hydrogen (secondary N) is 1. The highest BCUT2D eigenvalue weighted by Crippen LogP contribution is 2.22. The van der Waals surface area contributed by atoms with Gasteiger partial charge in [-0.25, -0.2) is 8.78 Å². The van der Waals surface area contributed by atoms with E-state index in [4.69, 9.17) is 4.74 Å². The molecule has 1 atom stereocenters. The molecular formula is C14H18F2N2O2. The summed E-state index contributed by atoms with van der Waals surface area (Å²) in [5, 5.41) is 2.43. The minimum absolute atomic E-state index is 0.0148. The third-order valence-corrected chi connectivity index (χ3v) is 3.54. The van der Waals surface area contributed by atoms with Crippen molar-refractivity contribution in [3.8, 4) is 0 Å². The number of nitrogens with zero attached hydrogens (tertiary/aromatic N) is 1. The molecule has 1 heterocycles. The van der Waals surface area contributed by atoms with Crippen LogP contribution in [0.4, 0.5) is 14.5 Å². The summed E-state index contributed by atoms with van der Waals surface area (Å²) in [4.78, 5) is 13.9. The van der Waals surface area contributed by atoms with Gasteiger partial charge >= 0.3 is 0 Å². The fourth-order valence-electron chi connectivity index (χ4n) is 2.43. The Balaban J connectivity index is 2.21. The molecule has 1 aliphatic heterocycles. The smallest absolute Gasteiger partial charge is 0.254 e. The first kappa shape index (κ1) is 14.7. The van der Waals surface area contributed by atoms with Gasteiger partial charge in [-0.3, -0.25) is 4.79 Å². The summed E-state index contributed by atoms with van der Waals surface area (Å²) in [5.74, 6) is -1.90. The van der Waals surface area contributed by atoms with Gasteiger partial charge in [-0.2, -0.15) is 0 Å². The molecule has 1 aromatic carbocycles. The van der Waals surface area contributed by atoms with Crippen LogP contribution < -0.4 is 5.32 Å². The van der Waals surface area contributed by atoms with Crippen LogP contribution in [0.1, 0.15) is 23.2 Å². The van der Waals surface area contributed by atoms with E-state index >= 15 is 0 Å². The van der Waals surface area contributed by atoms with Crippen LogP contribution in [0.5, 0.6) is 0 Å². The molecule has 1 amide bonds. The molecule has 0 aliphatic carbocycles. The van der Waals surface area contributed by atoms with E-state index in [1.807, 2.05) is 0 Å².